The number of aryl methyl sites for hydroxylation is 2. The molecule has 7 nitrogen and oxygen atoms in total. The van der Waals surface area contributed by atoms with Crippen LogP contribution in [0.5, 0.6) is 0 Å². The molecule has 43 heavy (non-hydrogen) atoms. The van der Waals surface area contributed by atoms with Gasteiger partial charge in [0.2, 0.25) is 0 Å². The fourth-order valence-corrected chi connectivity index (χ4v) is 5.88. The molecule has 0 fully saturated rings. The van der Waals surface area contributed by atoms with E-state index in [0.29, 0.717) is 12.1 Å². The van der Waals surface area contributed by atoms with Crippen LogP contribution in [0.1, 0.15) is 67.7 Å². The van der Waals surface area contributed by atoms with Crippen molar-refractivity contribution in [1.82, 2.24) is 24.1 Å². The lowest BCUT2D eigenvalue weighted by Crippen LogP contribution is -2.06. The summed E-state index contributed by atoms with van der Waals surface area (Å²) in [5.74, 6) is 1.08. The number of nitrogens with zero attached hydrogens (tertiary/aromatic N) is 5. The zero-order valence-electron chi connectivity index (χ0n) is 24.8. The van der Waals surface area contributed by atoms with Gasteiger partial charge in [-0.15, -0.1) is 0 Å². The van der Waals surface area contributed by atoms with Gasteiger partial charge in [0.05, 0.1) is 16.6 Å². The highest BCUT2D eigenvalue weighted by molar-refractivity contribution is 5.96. The van der Waals surface area contributed by atoms with Crippen LogP contribution in [0.2, 0.25) is 0 Å². The van der Waals surface area contributed by atoms with Gasteiger partial charge in [0.25, 0.3) is 0 Å². The first kappa shape index (κ1) is 28.3. The van der Waals surface area contributed by atoms with Crippen molar-refractivity contribution < 1.29 is 9.90 Å². The van der Waals surface area contributed by atoms with Gasteiger partial charge in [-0.1, -0.05) is 75.6 Å². The van der Waals surface area contributed by atoms with Gasteiger partial charge in [0.1, 0.15) is 17.2 Å². The van der Waals surface area contributed by atoms with Gasteiger partial charge in [-0.2, -0.15) is 0 Å². The number of hydrogen-bond donors (Lipinski definition) is 1. The zero-order chi connectivity index (χ0) is 29.8. The van der Waals surface area contributed by atoms with E-state index in [4.69, 9.17) is 9.97 Å². The second-order valence-corrected chi connectivity index (χ2v) is 11.1. The number of carboxylic acids is 1. The molecule has 0 atom stereocenters. The van der Waals surface area contributed by atoms with E-state index < -0.39 is 5.97 Å². The Labute approximate surface area is 251 Å². The van der Waals surface area contributed by atoms with Crippen molar-refractivity contribution >= 4 is 28.2 Å². The third-order valence-corrected chi connectivity index (χ3v) is 8.06. The molecule has 3 aromatic carbocycles. The van der Waals surface area contributed by atoms with Crippen LogP contribution in [0.3, 0.4) is 0 Å². The number of rotatable bonds is 12. The maximum absolute atomic E-state index is 11.8. The molecule has 0 unspecified atom stereocenters. The molecule has 0 aliphatic rings. The number of imidazole rings is 2. The number of unbranched alkanes of at least 4 members (excludes halogenated alkanes) is 3. The molecule has 0 amide bonds. The van der Waals surface area contributed by atoms with E-state index in [2.05, 4.69) is 58.3 Å². The quantitative estimate of drug-likeness (QED) is 0.149. The molecule has 218 valence electrons. The molecule has 3 heterocycles. The first-order valence-corrected chi connectivity index (χ1v) is 15.3. The summed E-state index contributed by atoms with van der Waals surface area (Å²) >= 11 is 0. The second-order valence-electron chi connectivity index (χ2n) is 11.1. The van der Waals surface area contributed by atoms with Crippen molar-refractivity contribution in [3.8, 4) is 22.5 Å². The molecule has 1 N–H and O–H groups in total. The third kappa shape index (κ3) is 5.80. The minimum atomic E-state index is -0.921. The highest BCUT2D eigenvalue weighted by Gasteiger charge is 2.17. The highest BCUT2D eigenvalue weighted by Crippen LogP contribution is 2.30. The van der Waals surface area contributed by atoms with E-state index in [1.807, 2.05) is 42.6 Å². The first-order valence-electron chi connectivity index (χ1n) is 15.3. The molecule has 0 radical (unpaired) electrons. The first-order chi connectivity index (χ1) is 21.1. The topological polar surface area (TPSA) is 85.8 Å². The van der Waals surface area contributed by atoms with Crippen molar-refractivity contribution in [2.45, 2.75) is 65.5 Å². The summed E-state index contributed by atoms with van der Waals surface area (Å²) in [6, 6.07) is 25.8. The predicted octanol–water partition coefficient (Wildman–Crippen LogP) is 8.39. The lowest BCUT2D eigenvalue weighted by Gasteiger charge is -2.12. The molecule has 6 aromatic rings. The van der Waals surface area contributed by atoms with Crippen LogP contribution in [0.4, 0.5) is 0 Å². The summed E-state index contributed by atoms with van der Waals surface area (Å²) in [6.07, 6.45) is 8.44. The SMILES string of the molecule is CCCCCCn1c(-c2ccc3nc(CCC)n(Cc4ccc(-c5ccccc5C(=O)O)cc4)c3c2)nc2cccnc21. The van der Waals surface area contributed by atoms with Gasteiger partial charge >= 0.3 is 5.97 Å². The van der Waals surface area contributed by atoms with Crippen molar-refractivity contribution in [3.63, 3.8) is 0 Å². The van der Waals surface area contributed by atoms with Crippen LogP contribution in [0, 0.1) is 0 Å². The van der Waals surface area contributed by atoms with Crippen LogP contribution in [-0.2, 0) is 19.5 Å². The Morgan fingerprint density at radius 3 is 2.40 bits per heavy atom. The number of benzene rings is 3. The second kappa shape index (κ2) is 12.6. The van der Waals surface area contributed by atoms with E-state index >= 15 is 0 Å². The lowest BCUT2D eigenvalue weighted by atomic mass is 9.99. The summed E-state index contributed by atoms with van der Waals surface area (Å²) in [6.45, 7) is 5.97. The summed E-state index contributed by atoms with van der Waals surface area (Å²) in [4.78, 5) is 26.5. The van der Waals surface area contributed by atoms with Crippen LogP contribution >= 0.6 is 0 Å². The Morgan fingerprint density at radius 1 is 0.791 bits per heavy atom. The Kier molecular flexibility index (Phi) is 8.31. The monoisotopic (exact) mass is 571 g/mol. The van der Waals surface area contributed by atoms with E-state index in [-0.39, 0.29) is 0 Å². The lowest BCUT2D eigenvalue weighted by molar-refractivity contribution is 0.0697. The molecule has 0 aliphatic carbocycles. The molecule has 3 aromatic heterocycles. The van der Waals surface area contributed by atoms with Crippen molar-refractivity contribution in [2.24, 2.45) is 0 Å². The highest BCUT2D eigenvalue weighted by atomic mass is 16.4. The predicted molar refractivity (Wildman–Crippen MR) is 172 cm³/mol. The molecular weight excluding hydrogens is 534 g/mol. The van der Waals surface area contributed by atoms with Gasteiger partial charge in [0.15, 0.2) is 5.65 Å². The normalized spacial score (nSPS) is 11.5. The smallest absolute Gasteiger partial charge is 0.336 e. The van der Waals surface area contributed by atoms with Gasteiger partial charge in [-0.25, -0.2) is 19.7 Å². The fraction of sp³-hybridized carbons (Fsp3) is 0.278. The van der Waals surface area contributed by atoms with Gasteiger partial charge in [0, 0.05) is 31.3 Å². The van der Waals surface area contributed by atoms with Crippen molar-refractivity contribution in [1.29, 1.82) is 0 Å². The van der Waals surface area contributed by atoms with Crippen LogP contribution in [0.25, 0.3) is 44.7 Å². The largest absolute Gasteiger partial charge is 0.478 e. The molecule has 0 aliphatic heterocycles. The minimum absolute atomic E-state index is 0.306. The van der Waals surface area contributed by atoms with Crippen LogP contribution in [0.15, 0.2) is 85.1 Å². The molecular formula is C36H37N5O2. The molecule has 0 bridgehead atoms. The number of pyridine rings is 1. The van der Waals surface area contributed by atoms with E-state index in [1.165, 1.54) is 19.3 Å². The molecule has 0 saturated heterocycles. The Balaban J connectivity index is 1.37. The summed E-state index contributed by atoms with van der Waals surface area (Å²) in [5, 5.41) is 9.64. The Bertz CT molecular complexity index is 1880. The van der Waals surface area contributed by atoms with Crippen molar-refractivity contribution in [3.05, 3.63) is 102 Å². The van der Waals surface area contributed by atoms with Gasteiger partial charge < -0.3 is 14.2 Å². The molecule has 0 spiro atoms. The van der Waals surface area contributed by atoms with Crippen LogP contribution in [-0.4, -0.2) is 35.2 Å². The van der Waals surface area contributed by atoms with E-state index in [1.54, 1.807) is 12.1 Å². The van der Waals surface area contributed by atoms with Crippen molar-refractivity contribution in [2.75, 3.05) is 0 Å². The van der Waals surface area contributed by atoms with E-state index in [0.717, 1.165) is 81.9 Å². The van der Waals surface area contributed by atoms with E-state index in [9.17, 15) is 9.90 Å². The Hall–Kier alpha value is -4.78. The number of carboxylic acid groups (broad SMARTS) is 1. The number of fused-ring (bicyclic) bond motifs is 2. The number of carbonyl (C=O) groups is 1. The average Bonchev–Trinajstić information content (AvgIpc) is 3.57. The standard InChI is InChI=1S/C36H37N5O2/c1-3-5-6-9-22-40-34(39-31-14-10-21-37-35(31)40)27-19-20-30-32(23-27)41(33(38-30)11-4-2)24-25-15-17-26(18-16-25)28-12-7-8-13-29(28)36(42)43/h7-8,10,12-21,23H,3-6,9,11,22,24H2,1-2H3,(H,42,43). The Morgan fingerprint density at radius 2 is 1.60 bits per heavy atom. The van der Waals surface area contributed by atoms with Gasteiger partial charge in [-0.3, -0.25) is 0 Å². The molecule has 6 rings (SSSR count). The summed E-state index contributed by atoms with van der Waals surface area (Å²) in [5.41, 5.74) is 8.01. The molecule has 7 heteroatoms. The zero-order valence-corrected chi connectivity index (χ0v) is 24.8. The minimum Gasteiger partial charge on any atom is -0.478 e. The summed E-state index contributed by atoms with van der Waals surface area (Å²) < 4.78 is 4.59. The summed E-state index contributed by atoms with van der Waals surface area (Å²) in [7, 11) is 0. The third-order valence-electron chi connectivity index (χ3n) is 8.06. The van der Waals surface area contributed by atoms with Crippen LogP contribution < -0.4 is 0 Å². The maximum Gasteiger partial charge on any atom is 0.336 e. The molecule has 0 saturated carbocycles. The number of hydrogen-bond acceptors (Lipinski definition) is 4. The average molecular weight is 572 g/mol. The maximum atomic E-state index is 11.8. The number of aromatic carboxylic acids is 1. The van der Waals surface area contributed by atoms with Gasteiger partial charge in [-0.05, 0) is 65.9 Å². The fourth-order valence-electron chi connectivity index (χ4n) is 5.88. The number of aromatic nitrogens is 5.